The predicted molar refractivity (Wildman–Crippen MR) is 87.3 cm³/mol. The van der Waals surface area contributed by atoms with Gasteiger partial charge in [-0.15, -0.1) is 0 Å². The van der Waals surface area contributed by atoms with Crippen LogP contribution in [-0.2, 0) is 4.79 Å². The molecule has 1 heterocycles. The summed E-state index contributed by atoms with van der Waals surface area (Å²) < 4.78 is 0. The van der Waals surface area contributed by atoms with E-state index in [9.17, 15) is 4.79 Å². The molecule has 0 aliphatic carbocycles. The molecule has 5 heteroatoms. The standard InChI is InChI=1S/C17H15ClN3O/c18-13-8-6-12(7-9-13)16-15(17(19)22)14(20-21-16)10-11-4-2-1-3-5-11/h1-10,15-16,21H,(H2,19,22). The van der Waals surface area contributed by atoms with Crippen LogP contribution in [0.4, 0.5) is 0 Å². The first kappa shape index (κ1) is 14.6. The molecule has 2 unspecified atom stereocenters. The Balaban J connectivity index is 1.84. The molecule has 0 saturated carbocycles. The van der Waals surface area contributed by atoms with Gasteiger partial charge in [0.2, 0.25) is 5.91 Å². The van der Waals surface area contributed by atoms with E-state index in [2.05, 4.69) is 10.5 Å². The number of primary amides is 1. The van der Waals surface area contributed by atoms with Crippen molar-refractivity contribution < 1.29 is 4.79 Å². The summed E-state index contributed by atoms with van der Waals surface area (Å²) in [6, 6.07) is 16.8. The summed E-state index contributed by atoms with van der Waals surface area (Å²) in [5.74, 6) is -0.919. The van der Waals surface area contributed by atoms with Gasteiger partial charge in [0.05, 0.1) is 11.8 Å². The zero-order valence-corrected chi connectivity index (χ0v) is 12.5. The van der Waals surface area contributed by atoms with Crippen molar-refractivity contribution in [3.8, 4) is 0 Å². The summed E-state index contributed by atoms with van der Waals surface area (Å²) >= 11 is 5.91. The van der Waals surface area contributed by atoms with Gasteiger partial charge in [-0.25, -0.2) is 0 Å². The molecule has 4 nitrogen and oxygen atoms in total. The number of nitrogens with zero attached hydrogens (tertiary/aromatic N) is 1. The Morgan fingerprint density at radius 1 is 1.14 bits per heavy atom. The molecule has 2 aromatic carbocycles. The van der Waals surface area contributed by atoms with E-state index < -0.39 is 11.8 Å². The van der Waals surface area contributed by atoms with Crippen molar-refractivity contribution in [1.29, 1.82) is 0 Å². The molecule has 3 rings (SSSR count). The lowest BCUT2D eigenvalue weighted by molar-refractivity contribution is -0.120. The first-order valence-electron chi connectivity index (χ1n) is 6.93. The van der Waals surface area contributed by atoms with Crippen LogP contribution in [0.15, 0.2) is 59.7 Å². The van der Waals surface area contributed by atoms with Gasteiger partial charge in [0, 0.05) is 11.4 Å². The third-order valence-electron chi connectivity index (χ3n) is 3.63. The Kier molecular flexibility index (Phi) is 4.11. The van der Waals surface area contributed by atoms with Gasteiger partial charge in [0.25, 0.3) is 0 Å². The van der Waals surface area contributed by atoms with Crippen LogP contribution in [0.3, 0.4) is 0 Å². The number of nitrogens with one attached hydrogen (secondary N) is 1. The molecule has 22 heavy (non-hydrogen) atoms. The molecule has 1 aliphatic heterocycles. The number of benzene rings is 2. The van der Waals surface area contributed by atoms with Crippen LogP contribution in [0, 0.1) is 12.3 Å². The van der Waals surface area contributed by atoms with Crippen molar-refractivity contribution in [3.63, 3.8) is 0 Å². The van der Waals surface area contributed by atoms with Gasteiger partial charge in [0.1, 0.15) is 5.92 Å². The van der Waals surface area contributed by atoms with Crippen molar-refractivity contribution in [3.05, 3.63) is 77.2 Å². The van der Waals surface area contributed by atoms with E-state index >= 15 is 0 Å². The van der Waals surface area contributed by atoms with Crippen LogP contribution in [0.5, 0.6) is 0 Å². The zero-order chi connectivity index (χ0) is 15.5. The van der Waals surface area contributed by atoms with Gasteiger partial charge in [0.15, 0.2) is 0 Å². The summed E-state index contributed by atoms with van der Waals surface area (Å²) in [6.45, 7) is 0. The molecular weight excluding hydrogens is 298 g/mol. The van der Waals surface area contributed by atoms with Crippen LogP contribution in [0.1, 0.15) is 17.2 Å². The SMILES string of the molecule is NC(=O)C1C([CH]c2ccccc2)=NNC1c1ccc(Cl)cc1. The lowest BCUT2D eigenvalue weighted by atomic mass is 9.87. The fourth-order valence-electron chi connectivity index (χ4n) is 2.55. The second kappa shape index (κ2) is 6.20. The Bertz CT molecular complexity index is 698. The van der Waals surface area contributed by atoms with Crippen LogP contribution >= 0.6 is 11.6 Å². The summed E-state index contributed by atoms with van der Waals surface area (Å²) in [5.41, 5.74) is 11.1. The summed E-state index contributed by atoms with van der Waals surface area (Å²) in [6.07, 6.45) is 1.87. The van der Waals surface area contributed by atoms with E-state index in [0.717, 1.165) is 11.1 Å². The molecule has 1 amide bonds. The largest absolute Gasteiger partial charge is 0.369 e. The number of amides is 1. The van der Waals surface area contributed by atoms with Crippen LogP contribution < -0.4 is 11.2 Å². The van der Waals surface area contributed by atoms with E-state index in [-0.39, 0.29) is 6.04 Å². The van der Waals surface area contributed by atoms with Crippen molar-refractivity contribution in [1.82, 2.24) is 5.43 Å². The molecule has 1 radical (unpaired) electrons. The van der Waals surface area contributed by atoms with Crippen molar-refractivity contribution in [2.45, 2.75) is 6.04 Å². The minimum atomic E-state index is -0.513. The molecular formula is C17H15ClN3O. The fraction of sp³-hybridized carbons (Fsp3) is 0.118. The number of halogens is 1. The fourth-order valence-corrected chi connectivity index (χ4v) is 2.67. The van der Waals surface area contributed by atoms with E-state index in [1.54, 1.807) is 12.1 Å². The second-order valence-corrected chi connectivity index (χ2v) is 5.57. The Hall–Kier alpha value is -2.33. The molecule has 2 atom stereocenters. The lowest BCUT2D eigenvalue weighted by Gasteiger charge is -2.18. The van der Waals surface area contributed by atoms with Crippen LogP contribution in [0.2, 0.25) is 5.02 Å². The van der Waals surface area contributed by atoms with Crippen molar-refractivity contribution in [2.24, 2.45) is 16.8 Å². The summed E-state index contributed by atoms with van der Waals surface area (Å²) in [5, 5.41) is 4.94. The zero-order valence-electron chi connectivity index (χ0n) is 11.7. The van der Waals surface area contributed by atoms with E-state index in [4.69, 9.17) is 17.3 Å². The molecule has 0 bridgehead atoms. The van der Waals surface area contributed by atoms with Gasteiger partial charge < -0.3 is 11.2 Å². The number of carbonyl (C=O) groups excluding carboxylic acids is 1. The smallest absolute Gasteiger partial charge is 0.228 e. The first-order chi connectivity index (χ1) is 10.6. The van der Waals surface area contributed by atoms with Crippen LogP contribution in [-0.4, -0.2) is 11.6 Å². The van der Waals surface area contributed by atoms with E-state index in [0.29, 0.717) is 10.7 Å². The molecule has 1 aliphatic rings. The monoisotopic (exact) mass is 312 g/mol. The average Bonchev–Trinajstić information content (AvgIpc) is 2.93. The maximum Gasteiger partial charge on any atom is 0.228 e. The highest BCUT2D eigenvalue weighted by Gasteiger charge is 2.37. The molecule has 0 aromatic heterocycles. The Morgan fingerprint density at radius 2 is 1.82 bits per heavy atom. The van der Waals surface area contributed by atoms with Gasteiger partial charge >= 0.3 is 0 Å². The number of nitrogens with two attached hydrogens (primary N) is 1. The maximum absolute atomic E-state index is 11.9. The molecule has 111 valence electrons. The Labute approximate surface area is 134 Å². The normalized spacial score (nSPS) is 20.3. The average molecular weight is 313 g/mol. The minimum absolute atomic E-state index is 0.273. The molecule has 0 fully saturated rings. The predicted octanol–water partition coefficient (Wildman–Crippen LogP) is 2.69. The topological polar surface area (TPSA) is 67.5 Å². The van der Waals surface area contributed by atoms with Crippen molar-refractivity contribution in [2.75, 3.05) is 0 Å². The summed E-state index contributed by atoms with van der Waals surface area (Å²) in [4.78, 5) is 11.9. The van der Waals surface area contributed by atoms with E-state index in [1.165, 1.54) is 0 Å². The van der Waals surface area contributed by atoms with Gasteiger partial charge in [-0.3, -0.25) is 4.79 Å². The number of carbonyl (C=O) groups is 1. The molecule has 2 aromatic rings. The van der Waals surface area contributed by atoms with Crippen molar-refractivity contribution >= 4 is 23.2 Å². The molecule has 0 saturated heterocycles. The lowest BCUT2D eigenvalue weighted by Crippen LogP contribution is -2.34. The first-order valence-corrected chi connectivity index (χ1v) is 7.30. The maximum atomic E-state index is 11.9. The highest BCUT2D eigenvalue weighted by atomic mass is 35.5. The summed E-state index contributed by atoms with van der Waals surface area (Å²) in [7, 11) is 0. The van der Waals surface area contributed by atoms with Gasteiger partial charge in [-0.05, 0) is 23.3 Å². The highest BCUT2D eigenvalue weighted by molar-refractivity contribution is 6.30. The van der Waals surface area contributed by atoms with Gasteiger partial charge in [-0.1, -0.05) is 54.1 Å². The highest BCUT2D eigenvalue weighted by Crippen LogP contribution is 2.30. The third-order valence-corrected chi connectivity index (χ3v) is 3.89. The van der Waals surface area contributed by atoms with Gasteiger partial charge in [-0.2, -0.15) is 5.10 Å². The van der Waals surface area contributed by atoms with E-state index in [1.807, 2.05) is 48.9 Å². The molecule has 0 spiro atoms. The second-order valence-electron chi connectivity index (χ2n) is 5.13. The number of rotatable bonds is 4. The molecule has 3 N–H and O–H groups in total. The minimum Gasteiger partial charge on any atom is -0.369 e. The Morgan fingerprint density at radius 3 is 2.45 bits per heavy atom. The quantitative estimate of drug-likeness (QED) is 0.911. The van der Waals surface area contributed by atoms with Crippen LogP contribution in [0.25, 0.3) is 0 Å². The number of hydrazone groups is 1. The number of hydrogen-bond donors (Lipinski definition) is 2. The number of hydrogen-bond acceptors (Lipinski definition) is 3. The third kappa shape index (κ3) is 2.97.